The molecule has 1 aliphatic rings. The molecule has 1 aliphatic heterocycles. The minimum Gasteiger partial charge on any atom is -0.497 e. The van der Waals surface area contributed by atoms with Crippen molar-refractivity contribution in [3.63, 3.8) is 0 Å². The molecule has 5 rings (SSSR count). The highest BCUT2D eigenvalue weighted by Gasteiger charge is 2.50. The minimum absolute atomic E-state index is 0.155. The van der Waals surface area contributed by atoms with E-state index in [2.05, 4.69) is 6.07 Å². The van der Waals surface area contributed by atoms with Crippen molar-refractivity contribution in [1.82, 2.24) is 4.90 Å². The molecule has 0 spiro atoms. The lowest BCUT2D eigenvalue weighted by Crippen LogP contribution is -2.43. The first-order valence-electron chi connectivity index (χ1n) is 11.1. The predicted molar refractivity (Wildman–Crippen MR) is 134 cm³/mol. The van der Waals surface area contributed by atoms with Crippen molar-refractivity contribution < 1.29 is 9.53 Å². The molecule has 34 heavy (non-hydrogen) atoms. The second-order valence-corrected chi connectivity index (χ2v) is 8.23. The maximum atomic E-state index is 14.0. The molecule has 0 saturated carbocycles. The standard InChI is InChI=1S/C29H25N3O2/c1-34-26-17-15-22(16-18-26)23-10-8-9-21(19-23)20-32-27(33)29(31-28(32)30,24-11-4-2-5-12-24)25-13-6-3-7-14-25/h2-19H,20H2,1H3,(H2,30,31). The zero-order valence-corrected chi connectivity index (χ0v) is 18.9. The number of carbonyl (C=O) groups excluding carboxylic acids is 1. The highest BCUT2D eigenvalue weighted by molar-refractivity contribution is 6.09. The van der Waals surface area contributed by atoms with E-state index in [0.29, 0.717) is 6.54 Å². The van der Waals surface area contributed by atoms with Gasteiger partial charge in [0.15, 0.2) is 11.5 Å². The SMILES string of the molecule is COc1ccc(-c2cccc(CN3C(=O)C(c4ccccc4)(c4ccccc4)N=C3N)c2)cc1. The number of nitrogens with zero attached hydrogens (tertiary/aromatic N) is 2. The summed E-state index contributed by atoms with van der Waals surface area (Å²) in [4.78, 5) is 20.3. The summed E-state index contributed by atoms with van der Waals surface area (Å²) in [6.45, 7) is 0.333. The second kappa shape index (κ2) is 8.87. The van der Waals surface area contributed by atoms with Crippen molar-refractivity contribution >= 4 is 11.9 Å². The summed E-state index contributed by atoms with van der Waals surface area (Å²) in [5, 5.41) is 0. The molecule has 5 nitrogen and oxygen atoms in total. The van der Waals surface area contributed by atoms with Crippen molar-refractivity contribution in [2.24, 2.45) is 10.7 Å². The fraction of sp³-hybridized carbons (Fsp3) is 0.103. The van der Waals surface area contributed by atoms with Crippen LogP contribution in [0, 0.1) is 0 Å². The van der Waals surface area contributed by atoms with E-state index in [1.165, 1.54) is 0 Å². The summed E-state index contributed by atoms with van der Waals surface area (Å²) in [5.41, 5.74) is 9.88. The topological polar surface area (TPSA) is 67.9 Å². The molecule has 2 N–H and O–H groups in total. The van der Waals surface area contributed by atoms with Gasteiger partial charge in [0.25, 0.3) is 5.91 Å². The number of carbonyl (C=O) groups is 1. The quantitative estimate of drug-likeness (QED) is 0.454. The van der Waals surface area contributed by atoms with E-state index in [9.17, 15) is 4.79 Å². The summed E-state index contributed by atoms with van der Waals surface area (Å²) in [5.74, 6) is 0.870. The lowest BCUT2D eigenvalue weighted by atomic mass is 9.83. The third-order valence-corrected chi connectivity index (χ3v) is 6.19. The third kappa shape index (κ3) is 3.71. The summed E-state index contributed by atoms with van der Waals surface area (Å²) >= 11 is 0. The van der Waals surface area contributed by atoms with Gasteiger partial charge >= 0.3 is 0 Å². The number of hydrogen-bond donors (Lipinski definition) is 1. The Kier molecular flexibility index (Phi) is 5.60. The number of rotatable bonds is 6. The zero-order chi connectivity index (χ0) is 23.5. The van der Waals surface area contributed by atoms with Crippen molar-refractivity contribution in [2.45, 2.75) is 12.1 Å². The first kappa shape index (κ1) is 21.5. The summed E-state index contributed by atoms with van der Waals surface area (Å²) < 4.78 is 5.26. The number of guanidine groups is 1. The molecule has 5 heteroatoms. The number of amides is 1. The molecule has 1 heterocycles. The summed E-state index contributed by atoms with van der Waals surface area (Å²) in [6.07, 6.45) is 0. The molecule has 4 aromatic rings. The van der Waals surface area contributed by atoms with Gasteiger partial charge in [-0.3, -0.25) is 9.69 Å². The van der Waals surface area contributed by atoms with Crippen LogP contribution in [0.2, 0.25) is 0 Å². The van der Waals surface area contributed by atoms with E-state index in [4.69, 9.17) is 15.5 Å². The first-order valence-corrected chi connectivity index (χ1v) is 11.1. The van der Waals surface area contributed by atoms with Gasteiger partial charge in [0.05, 0.1) is 13.7 Å². The number of ether oxygens (including phenoxy) is 1. The van der Waals surface area contributed by atoms with E-state index in [1.54, 1.807) is 12.0 Å². The fourth-order valence-corrected chi connectivity index (χ4v) is 4.45. The molecule has 0 unspecified atom stereocenters. The summed E-state index contributed by atoms with van der Waals surface area (Å²) in [7, 11) is 1.65. The van der Waals surface area contributed by atoms with Crippen LogP contribution in [0.1, 0.15) is 16.7 Å². The lowest BCUT2D eigenvalue weighted by Gasteiger charge is -2.27. The van der Waals surface area contributed by atoms with Gasteiger partial charge in [0.1, 0.15) is 5.75 Å². The van der Waals surface area contributed by atoms with Gasteiger partial charge in [-0.2, -0.15) is 0 Å². The lowest BCUT2D eigenvalue weighted by molar-refractivity contribution is -0.130. The zero-order valence-electron chi connectivity index (χ0n) is 18.9. The number of aliphatic imine (C=N–C) groups is 1. The molecule has 0 fully saturated rings. The largest absolute Gasteiger partial charge is 0.497 e. The Bertz CT molecular complexity index is 1290. The number of methoxy groups -OCH3 is 1. The van der Waals surface area contributed by atoms with Crippen molar-refractivity contribution in [2.75, 3.05) is 7.11 Å². The van der Waals surface area contributed by atoms with Gasteiger partial charge in [-0.1, -0.05) is 91.0 Å². The van der Waals surface area contributed by atoms with Crippen LogP contribution in [0.25, 0.3) is 11.1 Å². The van der Waals surface area contributed by atoms with Gasteiger partial charge in [0, 0.05) is 0 Å². The molecule has 0 saturated heterocycles. The third-order valence-electron chi connectivity index (χ3n) is 6.19. The fourth-order valence-electron chi connectivity index (χ4n) is 4.45. The van der Waals surface area contributed by atoms with Crippen molar-refractivity contribution in [1.29, 1.82) is 0 Å². The van der Waals surface area contributed by atoms with Crippen LogP contribution in [-0.2, 0) is 16.9 Å². The molecule has 0 aromatic heterocycles. The van der Waals surface area contributed by atoms with Crippen molar-refractivity contribution in [3.8, 4) is 16.9 Å². The molecule has 0 radical (unpaired) electrons. The molecular weight excluding hydrogens is 422 g/mol. The Labute approximate surface area is 199 Å². The van der Waals surface area contributed by atoms with E-state index in [1.807, 2.05) is 103 Å². The maximum absolute atomic E-state index is 14.0. The van der Waals surface area contributed by atoms with Crippen LogP contribution in [0.4, 0.5) is 0 Å². The van der Waals surface area contributed by atoms with Crippen LogP contribution >= 0.6 is 0 Å². The van der Waals surface area contributed by atoms with Gasteiger partial charge in [0.2, 0.25) is 0 Å². The van der Waals surface area contributed by atoms with E-state index in [0.717, 1.165) is 33.6 Å². The average molecular weight is 448 g/mol. The highest BCUT2D eigenvalue weighted by atomic mass is 16.5. The van der Waals surface area contributed by atoms with Gasteiger partial charge in [-0.15, -0.1) is 0 Å². The van der Waals surface area contributed by atoms with Crippen LogP contribution in [0.3, 0.4) is 0 Å². The normalized spacial score (nSPS) is 14.7. The van der Waals surface area contributed by atoms with E-state index >= 15 is 0 Å². The minimum atomic E-state index is -1.19. The van der Waals surface area contributed by atoms with E-state index in [-0.39, 0.29) is 11.9 Å². The Morgan fingerprint density at radius 2 is 1.41 bits per heavy atom. The van der Waals surface area contributed by atoms with Gasteiger partial charge < -0.3 is 10.5 Å². The van der Waals surface area contributed by atoms with Crippen LogP contribution in [-0.4, -0.2) is 23.9 Å². The van der Waals surface area contributed by atoms with Crippen LogP contribution < -0.4 is 10.5 Å². The van der Waals surface area contributed by atoms with Gasteiger partial charge in [-0.05, 0) is 46.0 Å². The highest BCUT2D eigenvalue weighted by Crippen LogP contribution is 2.40. The predicted octanol–water partition coefficient (Wildman–Crippen LogP) is 4.96. The van der Waals surface area contributed by atoms with E-state index < -0.39 is 5.54 Å². The van der Waals surface area contributed by atoms with Crippen molar-refractivity contribution in [3.05, 3.63) is 126 Å². The molecule has 4 aromatic carbocycles. The Hall–Kier alpha value is -4.38. The maximum Gasteiger partial charge on any atom is 0.266 e. The molecule has 1 amide bonds. The number of hydrogen-bond acceptors (Lipinski definition) is 4. The second-order valence-electron chi connectivity index (χ2n) is 8.23. The van der Waals surface area contributed by atoms with Crippen LogP contribution in [0.15, 0.2) is 114 Å². The Balaban J connectivity index is 1.49. The molecule has 168 valence electrons. The number of nitrogens with two attached hydrogens (primary N) is 1. The Morgan fingerprint density at radius 1 is 0.794 bits per heavy atom. The molecule has 0 aliphatic carbocycles. The molecule has 0 bridgehead atoms. The molecule has 0 atom stereocenters. The monoisotopic (exact) mass is 447 g/mol. The molecular formula is C29H25N3O2. The average Bonchev–Trinajstić information content (AvgIpc) is 3.15. The van der Waals surface area contributed by atoms with Gasteiger partial charge in [-0.25, -0.2) is 4.99 Å². The smallest absolute Gasteiger partial charge is 0.266 e. The van der Waals surface area contributed by atoms with Crippen LogP contribution in [0.5, 0.6) is 5.75 Å². The summed E-state index contributed by atoms with van der Waals surface area (Å²) in [6, 6.07) is 35.2. The first-order chi connectivity index (χ1) is 16.6. The number of benzene rings is 4. The Morgan fingerprint density at radius 3 is 2.00 bits per heavy atom.